The van der Waals surface area contributed by atoms with Crippen molar-refractivity contribution in [2.75, 3.05) is 0 Å². The summed E-state index contributed by atoms with van der Waals surface area (Å²) in [4.78, 5) is 13.1. The van der Waals surface area contributed by atoms with E-state index in [0.29, 0.717) is 5.89 Å². The number of halogens is 3. The van der Waals surface area contributed by atoms with E-state index in [1.807, 2.05) is 17.5 Å². The highest BCUT2D eigenvalue weighted by Gasteiger charge is 2.31. The molecule has 30 heavy (non-hydrogen) atoms. The van der Waals surface area contributed by atoms with Gasteiger partial charge in [0.15, 0.2) is 6.10 Å². The van der Waals surface area contributed by atoms with Crippen LogP contribution in [0.5, 0.6) is 0 Å². The Hall–Kier alpha value is -3.40. The summed E-state index contributed by atoms with van der Waals surface area (Å²) in [6.07, 6.45) is -5.33. The Balaban J connectivity index is 1.47. The molecular formula is C20H13F3N2O4S. The van der Waals surface area contributed by atoms with Gasteiger partial charge in [0.2, 0.25) is 5.76 Å². The smallest absolute Gasteiger partial charge is 0.416 e. The first kappa shape index (κ1) is 19.9. The van der Waals surface area contributed by atoms with Crippen molar-refractivity contribution < 1.29 is 31.5 Å². The second kappa shape index (κ2) is 7.79. The fourth-order valence-corrected chi connectivity index (χ4v) is 3.26. The molecule has 1 atom stereocenters. The van der Waals surface area contributed by atoms with Gasteiger partial charge in [-0.2, -0.15) is 13.2 Å². The lowest BCUT2D eigenvalue weighted by Gasteiger charge is -2.08. The van der Waals surface area contributed by atoms with Gasteiger partial charge in [0.05, 0.1) is 10.4 Å². The third-order valence-electron chi connectivity index (χ3n) is 4.09. The van der Waals surface area contributed by atoms with Crippen LogP contribution in [0.25, 0.3) is 22.1 Å². The zero-order chi connectivity index (χ0) is 21.3. The molecule has 0 N–H and O–H groups in total. The first-order valence-corrected chi connectivity index (χ1v) is 9.55. The Bertz CT molecular complexity index is 1160. The Morgan fingerprint density at radius 3 is 2.67 bits per heavy atom. The topological polar surface area (TPSA) is 78.4 Å². The normalized spacial score (nSPS) is 12.7. The number of nitrogens with zero attached hydrogens (tertiary/aromatic N) is 2. The number of benzene rings is 1. The summed E-state index contributed by atoms with van der Waals surface area (Å²) < 4.78 is 54.9. The predicted octanol–water partition coefficient (Wildman–Crippen LogP) is 5.99. The van der Waals surface area contributed by atoms with E-state index in [9.17, 15) is 18.0 Å². The van der Waals surface area contributed by atoms with Crippen LogP contribution in [0.2, 0.25) is 0 Å². The number of alkyl halides is 3. The molecule has 0 radical (unpaired) electrons. The zero-order valence-corrected chi connectivity index (χ0v) is 16.2. The molecule has 0 aliphatic rings. The highest BCUT2D eigenvalue weighted by Crippen LogP contribution is 2.33. The Morgan fingerprint density at radius 2 is 1.93 bits per heavy atom. The second-order valence-corrected chi connectivity index (χ2v) is 7.16. The van der Waals surface area contributed by atoms with Gasteiger partial charge >= 0.3 is 12.1 Å². The van der Waals surface area contributed by atoms with Crippen molar-refractivity contribution >= 4 is 17.3 Å². The quantitative estimate of drug-likeness (QED) is 0.359. The lowest BCUT2D eigenvalue weighted by molar-refractivity contribution is -0.137. The molecule has 0 spiro atoms. The predicted molar refractivity (Wildman–Crippen MR) is 101 cm³/mol. The van der Waals surface area contributed by atoms with Crippen LogP contribution in [-0.4, -0.2) is 16.2 Å². The van der Waals surface area contributed by atoms with Gasteiger partial charge in [-0.1, -0.05) is 18.2 Å². The van der Waals surface area contributed by atoms with Gasteiger partial charge in [0.1, 0.15) is 5.76 Å². The van der Waals surface area contributed by atoms with Crippen molar-refractivity contribution in [3.8, 4) is 22.1 Å². The number of rotatable bonds is 5. The van der Waals surface area contributed by atoms with Crippen molar-refractivity contribution in [1.82, 2.24) is 10.2 Å². The summed E-state index contributed by atoms with van der Waals surface area (Å²) in [5.74, 6) is -0.438. The molecule has 3 aromatic heterocycles. The third kappa shape index (κ3) is 4.13. The van der Waals surface area contributed by atoms with Gasteiger partial charge in [-0.3, -0.25) is 0 Å². The monoisotopic (exact) mass is 434 g/mol. The van der Waals surface area contributed by atoms with E-state index in [-0.39, 0.29) is 23.0 Å². The molecular weight excluding hydrogens is 421 g/mol. The lowest BCUT2D eigenvalue weighted by atomic mass is 10.1. The van der Waals surface area contributed by atoms with Crippen molar-refractivity contribution in [1.29, 1.82) is 0 Å². The van der Waals surface area contributed by atoms with Gasteiger partial charge in [-0.15, -0.1) is 21.5 Å². The molecule has 0 bridgehead atoms. The highest BCUT2D eigenvalue weighted by molar-refractivity contribution is 7.13. The Kier molecular flexibility index (Phi) is 5.17. The molecule has 3 heterocycles. The average molecular weight is 434 g/mol. The lowest BCUT2D eigenvalue weighted by Crippen LogP contribution is -2.08. The number of carbonyl (C=O) groups is 1. The number of thiophene rings is 1. The molecule has 0 aliphatic heterocycles. The summed E-state index contributed by atoms with van der Waals surface area (Å²) in [6, 6.07) is 11.0. The minimum atomic E-state index is -4.48. The fourth-order valence-electron chi connectivity index (χ4n) is 2.62. The Morgan fingerprint density at radius 1 is 1.10 bits per heavy atom. The summed E-state index contributed by atoms with van der Waals surface area (Å²) in [5, 5.41) is 9.66. The van der Waals surface area contributed by atoms with Crippen molar-refractivity contribution in [3.05, 3.63) is 71.1 Å². The number of ether oxygens (including phenoxy) is 1. The summed E-state index contributed by atoms with van der Waals surface area (Å²) in [7, 11) is 0. The Labute approximate surface area is 171 Å². The molecule has 0 saturated heterocycles. The maximum atomic E-state index is 12.9. The van der Waals surface area contributed by atoms with E-state index in [4.69, 9.17) is 13.6 Å². The van der Waals surface area contributed by atoms with E-state index in [0.717, 1.165) is 17.0 Å². The summed E-state index contributed by atoms with van der Waals surface area (Å²) >= 11 is 1.43. The number of furan rings is 1. The van der Waals surface area contributed by atoms with E-state index in [1.165, 1.54) is 35.6 Å². The summed E-state index contributed by atoms with van der Waals surface area (Å²) in [5.41, 5.74) is -0.624. The van der Waals surface area contributed by atoms with E-state index < -0.39 is 23.8 Å². The van der Waals surface area contributed by atoms with Crippen LogP contribution in [0.4, 0.5) is 13.2 Å². The van der Waals surface area contributed by atoms with Crippen molar-refractivity contribution in [2.24, 2.45) is 0 Å². The molecule has 0 amide bonds. The number of aromatic nitrogens is 2. The third-order valence-corrected chi connectivity index (χ3v) is 4.94. The van der Waals surface area contributed by atoms with Crippen LogP contribution in [0.1, 0.15) is 35.0 Å². The number of hydrogen-bond donors (Lipinski definition) is 0. The van der Waals surface area contributed by atoms with Gasteiger partial charge < -0.3 is 13.6 Å². The molecule has 0 saturated carbocycles. The number of hydrogen-bond acceptors (Lipinski definition) is 7. The van der Waals surface area contributed by atoms with Gasteiger partial charge in [-0.25, -0.2) is 4.79 Å². The minimum absolute atomic E-state index is 0.108. The molecule has 0 fully saturated rings. The first-order valence-electron chi connectivity index (χ1n) is 8.67. The maximum Gasteiger partial charge on any atom is 0.416 e. The molecule has 0 unspecified atom stereocenters. The van der Waals surface area contributed by atoms with E-state index >= 15 is 0 Å². The van der Waals surface area contributed by atoms with Crippen molar-refractivity contribution in [2.45, 2.75) is 19.2 Å². The summed E-state index contributed by atoms with van der Waals surface area (Å²) in [6.45, 7) is 1.56. The average Bonchev–Trinajstić information content (AvgIpc) is 3.48. The SMILES string of the molecule is C[C@H](OC(=O)c1ccc(-c2cccc(C(F)(F)F)c2)o1)c1nnc(-c2cccs2)o1. The van der Waals surface area contributed by atoms with Crippen LogP contribution in [0, 0.1) is 0 Å². The molecule has 4 aromatic rings. The molecule has 154 valence electrons. The first-order chi connectivity index (χ1) is 14.3. The standard InChI is InChI=1S/C20H13F3N2O4S/c1-11(17-24-25-18(29-17)16-6-3-9-30-16)27-19(26)15-8-7-14(28-15)12-4-2-5-13(10-12)20(21,22)23/h2-11H,1H3/t11-/m0/s1. The molecule has 6 nitrogen and oxygen atoms in total. The maximum absolute atomic E-state index is 12.9. The molecule has 4 rings (SSSR count). The van der Waals surface area contributed by atoms with Crippen molar-refractivity contribution in [3.63, 3.8) is 0 Å². The van der Waals surface area contributed by atoms with E-state index in [1.54, 1.807) is 6.92 Å². The fraction of sp³-hybridized carbons (Fsp3) is 0.150. The van der Waals surface area contributed by atoms with Gasteiger partial charge in [0.25, 0.3) is 11.8 Å². The number of carbonyl (C=O) groups excluding carboxylic acids is 1. The largest absolute Gasteiger partial charge is 0.449 e. The van der Waals surface area contributed by atoms with Crippen LogP contribution < -0.4 is 0 Å². The van der Waals surface area contributed by atoms with Crippen LogP contribution in [0.15, 0.2) is 62.7 Å². The van der Waals surface area contributed by atoms with Crippen LogP contribution >= 0.6 is 11.3 Å². The van der Waals surface area contributed by atoms with E-state index in [2.05, 4.69) is 10.2 Å². The van der Waals surface area contributed by atoms with Crippen LogP contribution in [-0.2, 0) is 10.9 Å². The highest BCUT2D eigenvalue weighted by atomic mass is 32.1. The molecule has 10 heteroatoms. The molecule has 0 aliphatic carbocycles. The molecule has 1 aromatic carbocycles. The second-order valence-electron chi connectivity index (χ2n) is 6.21. The zero-order valence-electron chi connectivity index (χ0n) is 15.3. The van der Waals surface area contributed by atoms with Gasteiger partial charge in [-0.05, 0) is 42.6 Å². The number of esters is 1. The van der Waals surface area contributed by atoms with Crippen LogP contribution in [0.3, 0.4) is 0 Å². The van der Waals surface area contributed by atoms with Gasteiger partial charge in [0, 0.05) is 5.56 Å². The minimum Gasteiger partial charge on any atom is -0.449 e.